The van der Waals surface area contributed by atoms with Gasteiger partial charge < -0.3 is 10.1 Å². The summed E-state index contributed by atoms with van der Waals surface area (Å²) in [5.41, 5.74) is 0.805. The highest BCUT2D eigenvalue weighted by atomic mass is 16.5. The lowest BCUT2D eigenvalue weighted by Gasteiger charge is -2.01. The second-order valence-electron chi connectivity index (χ2n) is 3.44. The van der Waals surface area contributed by atoms with Crippen LogP contribution < -0.4 is 5.32 Å². The Morgan fingerprint density at radius 2 is 1.94 bits per heavy atom. The Labute approximate surface area is 103 Å². The van der Waals surface area contributed by atoms with E-state index in [1.165, 1.54) is 19.4 Å². The Morgan fingerprint density at radius 3 is 2.61 bits per heavy atom. The van der Waals surface area contributed by atoms with Crippen LogP contribution in [0.5, 0.6) is 0 Å². The monoisotopic (exact) mass is 245 g/mol. The smallest absolute Gasteiger partial charge is 0.434 e. The fourth-order valence-corrected chi connectivity index (χ4v) is 1.36. The van der Waals surface area contributed by atoms with E-state index >= 15 is 0 Å². The molecule has 0 aliphatic heterocycles. The number of benzene rings is 1. The van der Waals surface area contributed by atoms with Crippen LogP contribution in [0.25, 0.3) is 0 Å². The SMILES string of the molecule is COC(=O)n1ccc(C(=O)Nc2ccccc2)n1. The highest BCUT2D eigenvalue weighted by molar-refractivity contribution is 6.02. The van der Waals surface area contributed by atoms with Crippen molar-refractivity contribution in [2.24, 2.45) is 0 Å². The van der Waals surface area contributed by atoms with Crippen molar-refractivity contribution >= 4 is 17.7 Å². The summed E-state index contributed by atoms with van der Waals surface area (Å²) in [5.74, 6) is -0.385. The number of anilines is 1. The summed E-state index contributed by atoms with van der Waals surface area (Å²) in [5, 5.41) is 6.47. The van der Waals surface area contributed by atoms with Gasteiger partial charge in [-0.1, -0.05) is 18.2 Å². The molecule has 6 nitrogen and oxygen atoms in total. The summed E-state index contributed by atoms with van der Waals surface area (Å²) in [6.07, 6.45) is 0.722. The maximum Gasteiger partial charge on any atom is 0.434 e. The van der Waals surface area contributed by atoms with Gasteiger partial charge in [-0.2, -0.15) is 9.78 Å². The Morgan fingerprint density at radius 1 is 1.22 bits per heavy atom. The van der Waals surface area contributed by atoms with E-state index in [2.05, 4.69) is 15.2 Å². The molecule has 0 aliphatic carbocycles. The number of hydrogen-bond donors (Lipinski definition) is 1. The molecule has 0 spiro atoms. The van der Waals surface area contributed by atoms with Crippen molar-refractivity contribution in [2.75, 3.05) is 12.4 Å². The fourth-order valence-electron chi connectivity index (χ4n) is 1.36. The molecule has 2 rings (SSSR count). The Bertz CT molecular complexity index is 563. The molecule has 0 saturated carbocycles. The second-order valence-corrected chi connectivity index (χ2v) is 3.44. The van der Waals surface area contributed by atoms with Crippen LogP contribution in [-0.4, -0.2) is 28.9 Å². The van der Waals surface area contributed by atoms with Crippen LogP contribution in [0.2, 0.25) is 0 Å². The number of amides is 1. The van der Waals surface area contributed by atoms with E-state index < -0.39 is 6.09 Å². The van der Waals surface area contributed by atoms with Gasteiger partial charge in [0.25, 0.3) is 5.91 Å². The molecule has 92 valence electrons. The molecule has 1 aromatic carbocycles. The Kier molecular flexibility index (Phi) is 3.38. The van der Waals surface area contributed by atoms with Crippen molar-refractivity contribution in [1.82, 2.24) is 9.78 Å². The standard InChI is InChI=1S/C12H11N3O3/c1-18-12(17)15-8-7-10(14-15)11(16)13-9-5-3-2-4-6-9/h2-8H,1H3,(H,13,16). The van der Waals surface area contributed by atoms with Gasteiger partial charge in [0.1, 0.15) is 0 Å². The van der Waals surface area contributed by atoms with Crippen molar-refractivity contribution in [3.8, 4) is 0 Å². The summed E-state index contributed by atoms with van der Waals surface area (Å²) in [4.78, 5) is 23.0. The molecule has 18 heavy (non-hydrogen) atoms. The van der Waals surface area contributed by atoms with Gasteiger partial charge in [-0.05, 0) is 18.2 Å². The summed E-state index contributed by atoms with van der Waals surface area (Å²) in [7, 11) is 1.24. The van der Waals surface area contributed by atoms with Gasteiger partial charge >= 0.3 is 6.09 Å². The largest absolute Gasteiger partial charge is 0.451 e. The molecule has 0 saturated heterocycles. The number of carbonyl (C=O) groups excluding carboxylic acids is 2. The summed E-state index contributed by atoms with van der Waals surface area (Å²) in [6.45, 7) is 0. The number of carbonyl (C=O) groups is 2. The number of methoxy groups -OCH3 is 1. The first-order valence-corrected chi connectivity index (χ1v) is 5.21. The van der Waals surface area contributed by atoms with E-state index in [9.17, 15) is 9.59 Å². The van der Waals surface area contributed by atoms with Crippen LogP contribution in [0, 0.1) is 0 Å². The molecule has 2 aromatic rings. The van der Waals surface area contributed by atoms with Crippen LogP contribution in [0.1, 0.15) is 10.5 Å². The van der Waals surface area contributed by atoms with Gasteiger partial charge in [0, 0.05) is 11.9 Å². The minimum atomic E-state index is -0.645. The fraction of sp³-hybridized carbons (Fsp3) is 0.0833. The molecule has 0 radical (unpaired) electrons. The minimum Gasteiger partial charge on any atom is -0.451 e. The quantitative estimate of drug-likeness (QED) is 0.874. The first-order chi connectivity index (χ1) is 8.70. The first-order valence-electron chi connectivity index (χ1n) is 5.21. The molecule has 0 aliphatic rings. The number of nitrogens with one attached hydrogen (secondary N) is 1. The number of nitrogens with zero attached hydrogens (tertiary/aromatic N) is 2. The van der Waals surface area contributed by atoms with E-state index in [4.69, 9.17) is 0 Å². The third-order valence-electron chi connectivity index (χ3n) is 2.22. The van der Waals surface area contributed by atoms with E-state index in [0.29, 0.717) is 5.69 Å². The van der Waals surface area contributed by atoms with Crippen LogP contribution >= 0.6 is 0 Å². The molecular weight excluding hydrogens is 234 g/mol. The summed E-state index contributed by atoms with van der Waals surface area (Å²) < 4.78 is 5.44. The van der Waals surface area contributed by atoms with Crippen molar-refractivity contribution in [3.63, 3.8) is 0 Å². The maximum atomic E-state index is 11.8. The molecule has 6 heteroatoms. The maximum absolute atomic E-state index is 11.8. The molecule has 0 fully saturated rings. The lowest BCUT2D eigenvalue weighted by Crippen LogP contribution is -2.16. The normalized spacial score (nSPS) is 9.83. The third kappa shape index (κ3) is 2.54. The third-order valence-corrected chi connectivity index (χ3v) is 2.22. The number of para-hydroxylation sites is 1. The lowest BCUT2D eigenvalue weighted by molar-refractivity contribution is 0.102. The summed E-state index contributed by atoms with van der Waals surface area (Å²) >= 11 is 0. The van der Waals surface area contributed by atoms with Gasteiger partial charge in [-0.15, -0.1) is 0 Å². The van der Waals surface area contributed by atoms with Crippen LogP contribution in [0.3, 0.4) is 0 Å². The lowest BCUT2D eigenvalue weighted by atomic mass is 10.3. The van der Waals surface area contributed by atoms with Gasteiger partial charge in [-0.3, -0.25) is 4.79 Å². The highest BCUT2D eigenvalue weighted by Crippen LogP contribution is 2.07. The van der Waals surface area contributed by atoms with E-state index in [-0.39, 0.29) is 11.6 Å². The average Bonchev–Trinajstić information content (AvgIpc) is 2.88. The molecule has 1 heterocycles. The van der Waals surface area contributed by atoms with Gasteiger partial charge in [0.15, 0.2) is 5.69 Å². The molecule has 1 N–H and O–H groups in total. The molecule has 0 bridgehead atoms. The Hall–Kier alpha value is -2.63. The minimum absolute atomic E-state index is 0.143. The number of hydrogen-bond acceptors (Lipinski definition) is 4. The summed E-state index contributed by atoms with van der Waals surface area (Å²) in [6, 6.07) is 10.4. The van der Waals surface area contributed by atoms with Crippen molar-refractivity contribution < 1.29 is 14.3 Å². The Balaban J connectivity index is 2.10. The molecule has 1 amide bonds. The van der Waals surface area contributed by atoms with Crippen LogP contribution in [-0.2, 0) is 4.74 Å². The molecule has 0 unspecified atom stereocenters. The van der Waals surface area contributed by atoms with Crippen LogP contribution in [0.4, 0.5) is 10.5 Å². The highest BCUT2D eigenvalue weighted by Gasteiger charge is 2.12. The van der Waals surface area contributed by atoms with Gasteiger partial charge in [-0.25, -0.2) is 4.79 Å². The van der Waals surface area contributed by atoms with Crippen molar-refractivity contribution in [2.45, 2.75) is 0 Å². The zero-order valence-electron chi connectivity index (χ0n) is 9.66. The average molecular weight is 245 g/mol. The van der Waals surface area contributed by atoms with E-state index in [1.807, 2.05) is 18.2 Å². The number of ether oxygens (including phenoxy) is 1. The molecule has 1 aromatic heterocycles. The van der Waals surface area contributed by atoms with Crippen molar-refractivity contribution in [3.05, 3.63) is 48.3 Å². The molecule has 0 atom stereocenters. The second kappa shape index (κ2) is 5.13. The van der Waals surface area contributed by atoms with Gasteiger partial charge in [0.05, 0.1) is 7.11 Å². The number of rotatable bonds is 2. The zero-order valence-corrected chi connectivity index (χ0v) is 9.66. The van der Waals surface area contributed by atoms with Crippen molar-refractivity contribution in [1.29, 1.82) is 0 Å². The predicted molar refractivity (Wildman–Crippen MR) is 64.4 cm³/mol. The van der Waals surface area contributed by atoms with E-state index in [0.717, 1.165) is 4.68 Å². The topological polar surface area (TPSA) is 73.2 Å². The number of aromatic nitrogens is 2. The zero-order chi connectivity index (χ0) is 13.0. The van der Waals surface area contributed by atoms with E-state index in [1.54, 1.807) is 12.1 Å². The first kappa shape index (κ1) is 11.8. The predicted octanol–water partition coefficient (Wildman–Crippen LogP) is 1.75. The van der Waals surface area contributed by atoms with Crippen LogP contribution in [0.15, 0.2) is 42.6 Å². The molecular formula is C12H11N3O3. The van der Waals surface area contributed by atoms with Gasteiger partial charge in [0.2, 0.25) is 0 Å².